The number of nitrogens with zero attached hydrogens (tertiary/aromatic N) is 1. The van der Waals surface area contributed by atoms with Crippen LogP contribution in [0.5, 0.6) is 5.75 Å². The third-order valence-corrected chi connectivity index (χ3v) is 2.70. The van der Waals surface area contributed by atoms with Gasteiger partial charge in [0.25, 0.3) is 5.91 Å². The van der Waals surface area contributed by atoms with Crippen LogP contribution in [0.3, 0.4) is 0 Å². The van der Waals surface area contributed by atoms with Crippen molar-refractivity contribution in [2.45, 2.75) is 20.4 Å². The summed E-state index contributed by atoms with van der Waals surface area (Å²) in [5.41, 5.74) is 1.48. The van der Waals surface area contributed by atoms with Crippen molar-refractivity contribution in [2.75, 3.05) is 6.61 Å². The number of aromatic nitrogens is 2. The molecule has 0 aliphatic heterocycles. The Morgan fingerprint density at radius 1 is 1.30 bits per heavy atom. The van der Waals surface area contributed by atoms with Crippen LogP contribution in [0.25, 0.3) is 0 Å². The molecule has 1 heterocycles. The summed E-state index contributed by atoms with van der Waals surface area (Å²) in [6.07, 6.45) is 1.66. The van der Waals surface area contributed by atoms with Gasteiger partial charge in [-0.25, -0.2) is 0 Å². The summed E-state index contributed by atoms with van der Waals surface area (Å²) in [4.78, 5) is 11.9. The molecule has 0 saturated heterocycles. The first-order valence-corrected chi connectivity index (χ1v) is 6.64. The molecular weight excluding hydrogens is 254 g/mol. The molecule has 0 fully saturated rings. The van der Waals surface area contributed by atoms with E-state index in [2.05, 4.69) is 29.4 Å². The van der Waals surface area contributed by atoms with E-state index in [9.17, 15) is 4.79 Å². The minimum absolute atomic E-state index is 0.116. The number of ether oxygens (including phenoxy) is 1. The van der Waals surface area contributed by atoms with Crippen molar-refractivity contribution in [2.24, 2.45) is 5.92 Å². The molecule has 0 radical (unpaired) electrons. The largest absolute Gasteiger partial charge is 0.493 e. The van der Waals surface area contributed by atoms with Gasteiger partial charge in [-0.05, 0) is 36.2 Å². The van der Waals surface area contributed by atoms with Crippen molar-refractivity contribution in [3.63, 3.8) is 0 Å². The lowest BCUT2D eigenvalue weighted by molar-refractivity contribution is 0.0950. The highest BCUT2D eigenvalue weighted by Gasteiger charge is 2.06. The van der Waals surface area contributed by atoms with E-state index in [0.717, 1.165) is 11.4 Å². The lowest BCUT2D eigenvalue weighted by Gasteiger charge is -2.09. The molecule has 0 saturated carbocycles. The SMILES string of the molecule is CC(C)COc1ccc(C(=O)NCc2ccn[nH]2)cc1. The molecule has 2 N–H and O–H groups in total. The average molecular weight is 273 g/mol. The molecule has 1 aromatic carbocycles. The van der Waals surface area contributed by atoms with E-state index in [1.807, 2.05) is 18.2 Å². The fourth-order valence-corrected chi connectivity index (χ4v) is 1.63. The summed E-state index contributed by atoms with van der Waals surface area (Å²) in [5.74, 6) is 1.14. The Morgan fingerprint density at radius 2 is 2.05 bits per heavy atom. The van der Waals surface area contributed by atoms with Gasteiger partial charge in [-0.2, -0.15) is 5.10 Å². The number of H-pyrrole nitrogens is 1. The van der Waals surface area contributed by atoms with Crippen molar-refractivity contribution < 1.29 is 9.53 Å². The van der Waals surface area contributed by atoms with Gasteiger partial charge in [-0.15, -0.1) is 0 Å². The molecule has 1 amide bonds. The second-order valence-corrected chi connectivity index (χ2v) is 4.99. The summed E-state index contributed by atoms with van der Waals surface area (Å²) >= 11 is 0. The Balaban J connectivity index is 1.87. The first-order chi connectivity index (χ1) is 9.65. The molecule has 5 nitrogen and oxygen atoms in total. The normalized spacial score (nSPS) is 10.6. The zero-order chi connectivity index (χ0) is 14.4. The zero-order valence-electron chi connectivity index (χ0n) is 11.7. The van der Waals surface area contributed by atoms with Crippen molar-refractivity contribution in [1.29, 1.82) is 0 Å². The number of benzene rings is 1. The molecule has 2 rings (SSSR count). The van der Waals surface area contributed by atoms with Crippen LogP contribution < -0.4 is 10.1 Å². The fraction of sp³-hybridized carbons (Fsp3) is 0.333. The maximum Gasteiger partial charge on any atom is 0.251 e. The number of nitrogens with one attached hydrogen (secondary N) is 2. The molecule has 106 valence electrons. The summed E-state index contributed by atoms with van der Waals surface area (Å²) in [6, 6.07) is 8.97. The third kappa shape index (κ3) is 4.12. The van der Waals surface area contributed by atoms with Crippen LogP contribution in [0.15, 0.2) is 36.5 Å². The molecule has 20 heavy (non-hydrogen) atoms. The number of rotatable bonds is 6. The maximum absolute atomic E-state index is 11.9. The van der Waals surface area contributed by atoms with Crippen LogP contribution in [0.1, 0.15) is 29.9 Å². The monoisotopic (exact) mass is 273 g/mol. The van der Waals surface area contributed by atoms with Crippen molar-refractivity contribution in [3.8, 4) is 5.75 Å². The zero-order valence-corrected chi connectivity index (χ0v) is 11.7. The minimum Gasteiger partial charge on any atom is -0.493 e. The molecule has 2 aromatic rings. The topological polar surface area (TPSA) is 67.0 Å². The van der Waals surface area contributed by atoms with Gasteiger partial charge in [0.15, 0.2) is 0 Å². The highest BCUT2D eigenvalue weighted by atomic mass is 16.5. The predicted octanol–water partition coefficient (Wildman–Crippen LogP) is 2.37. The summed E-state index contributed by atoms with van der Waals surface area (Å²) in [5, 5.41) is 9.44. The fourth-order valence-electron chi connectivity index (χ4n) is 1.63. The van der Waals surface area contributed by atoms with Gasteiger partial charge in [0.05, 0.1) is 18.8 Å². The van der Waals surface area contributed by atoms with Crippen molar-refractivity contribution in [1.82, 2.24) is 15.5 Å². The van der Waals surface area contributed by atoms with Gasteiger partial charge in [-0.1, -0.05) is 13.8 Å². The minimum atomic E-state index is -0.116. The van der Waals surface area contributed by atoms with Crippen molar-refractivity contribution in [3.05, 3.63) is 47.8 Å². The predicted molar refractivity (Wildman–Crippen MR) is 76.5 cm³/mol. The van der Waals surface area contributed by atoms with E-state index >= 15 is 0 Å². The molecule has 0 spiro atoms. The van der Waals surface area contributed by atoms with E-state index in [-0.39, 0.29) is 5.91 Å². The molecule has 0 aliphatic carbocycles. The van der Waals surface area contributed by atoms with E-state index in [0.29, 0.717) is 24.6 Å². The van der Waals surface area contributed by atoms with Crippen LogP contribution in [0, 0.1) is 5.92 Å². The number of carbonyl (C=O) groups is 1. The number of aromatic amines is 1. The van der Waals surface area contributed by atoms with Gasteiger partial charge >= 0.3 is 0 Å². The van der Waals surface area contributed by atoms with E-state index in [4.69, 9.17) is 4.74 Å². The molecule has 5 heteroatoms. The molecule has 0 atom stereocenters. The Kier molecular flexibility index (Phi) is 4.76. The van der Waals surface area contributed by atoms with Gasteiger partial charge < -0.3 is 10.1 Å². The van der Waals surface area contributed by atoms with Gasteiger partial charge in [0, 0.05) is 11.8 Å². The first-order valence-electron chi connectivity index (χ1n) is 6.64. The molecular formula is C15H19N3O2. The first kappa shape index (κ1) is 14.1. The second kappa shape index (κ2) is 6.75. The van der Waals surface area contributed by atoms with Crippen molar-refractivity contribution >= 4 is 5.91 Å². The average Bonchev–Trinajstić information content (AvgIpc) is 2.96. The Bertz CT molecular complexity index is 533. The summed E-state index contributed by atoms with van der Waals surface area (Å²) < 4.78 is 5.58. The molecule has 1 aromatic heterocycles. The Morgan fingerprint density at radius 3 is 2.65 bits per heavy atom. The summed E-state index contributed by atoms with van der Waals surface area (Å²) in [7, 11) is 0. The maximum atomic E-state index is 11.9. The van der Waals surface area contributed by atoms with Gasteiger partial charge in [0.2, 0.25) is 0 Å². The van der Waals surface area contributed by atoms with Crippen LogP contribution in [-0.2, 0) is 6.54 Å². The lowest BCUT2D eigenvalue weighted by Crippen LogP contribution is -2.22. The second-order valence-electron chi connectivity index (χ2n) is 4.99. The third-order valence-electron chi connectivity index (χ3n) is 2.70. The van der Waals surface area contributed by atoms with Crippen LogP contribution in [0.4, 0.5) is 0 Å². The molecule has 0 unspecified atom stereocenters. The standard InChI is InChI=1S/C15H19N3O2/c1-11(2)10-20-14-5-3-12(4-6-14)15(19)16-9-13-7-8-17-18-13/h3-8,11H,9-10H2,1-2H3,(H,16,19)(H,17,18). The van der Waals surface area contributed by atoms with E-state index < -0.39 is 0 Å². The number of hydrogen-bond acceptors (Lipinski definition) is 3. The number of carbonyl (C=O) groups excluding carboxylic acids is 1. The quantitative estimate of drug-likeness (QED) is 0.849. The lowest BCUT2D eigenvalue weighted by atomic mass is 10.2. The van der Waals surface area contributed by atoms with E-state index in [1.54, 1.807) is 18.3 Å². The molecule has 0 bridgehead atoms. The smallest absolute Gasteiger partial charge is 0.251 e. The van der Waals surface area contributed by atoms with Crippen LogP contribution in [0.2, 0.25) is 0 Å². The Labute approximate surface area is 118 Å². The highest BCUT2D eigenvalue weighted by Crippen LogP contribution is 2.13. The van der Waals surface area contributed by atoms with Gasteiger partial charge in [0.1, 0.15) is 5.75 Å². The Hall–Kier alpha value is -2.30. The number of hydrogen-bond donors (Lipinski definition) is 2. The summed E-state index contributed by atoms with van der Waals surface area (Å²) in [6.45, 7) is 5.30. The highest BCUT2D eigenvalue weighted by molar-refractivity contribution is 5.94. The molecule has 0 aliphatic rings. The van der Waals surface area contributed by atoms with Crippen LogP contribution in [-0.4, -0.2) is 22.7 Å². The van der Waals surface area contributed by atoms with Crippen LogP contribution >= 0.6 is 0 Å². The van der Waals surface area contributed by atoms with E-state index in [1.165, 1.54) is 0 Å². The number of amides is 1. The van der Waals surface area contributed by atoms with Gasteiger partial charge in [-0.3, -0.25) is 9.89 Å².